The van der Waals surface area contributed by atoms with Gasteiger partial charge in [-0.05, 0) is 12.3 Å². The van der Waals surface area contributed by atoms with Gasteiger partial charge in [-0.3, -0.25) is 0 Å². The maximum atomic E-state index is 5.62. The second-order valence-electron chi connectivity index (χ2n) is 3.66. The molecule has 1 spiro atoms. The summed E-state index contributed by atoms with van der Waals surface area (Å²) in [6, 6.07) is 0. The van der Waals surface area contributed by atoms with E-state index in [0.717, 1.165) is 25.6 Å². The fraction of sp³-hybridized carbons (Fsp3) is 0.778. The summed E-state index contributed by atoms with van der Waals surface area (Å²) in [7, 11) is 0. The minimum Gasteiger partial charge on any atom is -0.347 e. The Bertz CT molecular complexity index is 204. The molecule has 0 aromatic heterocycles. The summed E-state index contributed by atoms with van der Waals surface area (Å²) in [6.07, 6.45) is 6.87. The van der Waals surface area contributed by atoms with Crippen molar-refractivity contribution in [2.45, 2.75) is 18.6 Å². The van der Waals surface area contributed by atoms with E-state index < -0.39 is 0 Å². The van der Waals surface area contributed by atoms with Crippen LogP contribution < -0.4 is 0 Å². The van der Waals surface area contributed by atoms with Crippen LogP contribution in [0.1, 0.15) is 12.8 Å². The predicted molar refractivity (Wildman–Crippen MR) is 40.0 cm³/mol. The summed E-state index contributed by atoms with van der Waals surface area (Å²) in [5.74, 6) is 1.23. The number of rotatable bonds is 0. The molecule has 1 heterocycles. The third-order valence-corrected chi connectivity index (χ3v) is 3.12. The lowest BCUT2D eigenvalue weighted by Crippen LogP contribution is -2.52. The fourth-order valence-electron chi connectivity index (χ4n) is 2.54. The first-order valence-corrected chi connectivity index (χ1v) is 4.35. The van der Waals surface area contributed by atoms with Gasteiger partial charge in [0.2, 0.25) is 0 Å². The molecule has 0 N–H and O–H groups in total. The topological polar surface area (TPSA) is 18.5 Å². The van der Waals surface area contributed by atoms with Gasteiger partial charge in [-0.25, -0.2) is 0 Å². The summed E-state index contributed by atoms with van der Waals surface area (Å²) in [5.41, 5.74) is 0. The largest absolute Gasteiger partial charge is 0.347 e. The summed E-state index contributed by atoms with van der Waals surface area (Å²) < 4.78 is 11.2. The van der Waals surface area contributed by atoms with Crippen molar-refractivity contribution in [1.82, 2.24) is 0 Å². The van der Waals surface area contributed by atoms with E-state index in [1.807, 2.05) is 0 Å². The highest BCUT2D eigenvalue weighted by molar-refractivity contribution is 5.15. The molecule has 3 aliphatic rings. The van der Waals surface area contributed by atoms with E-state index >= 15 is 0 Å². The van der Waals surface area contributed by atoms with Crippen molar-refractivity contribution < 1.29 is 9.47 Å². The molecule has 0 aromatic rings. The van der Waals surface area contributed by atoms with Crippen LogP contribution in [-0.4, -0.2) is 19.0 Å². The Morgan fingerprint density at radius 1 is 1.27 bits per heavy atom. The van der Waals surface area contributed by atoms with Gasteiger partial charge < -0.3 is 9.47 Å². The predicted octanol–water partition coefficient (Wildman–Crippen LogP) is 1.33. The van der Waals surface area contributed by atoms with Crippen LogP contribution in [0, 0.1) is 11.8 Å². The summed E-state index contributed by atoms with van der Waals surface area (Å²) in [4.78, 5) is 0. The van der Waals surface area contributed by atoms with Gasteiger partial charge in [-0.1, -0.05) is 12.2 Å². The Kier molecular flexibility index (Phi) is 1.06. The van der Waals surface area contributed by atoms with Crippen LogP contribution in [0.25, 0.3) is 0 Å². The van der Waals surface area contributed by atoms with Gasteiger partial charge in [-0.2, -0.15) is 0 Å². The monoisotopic (exact) mass is 152 g/mol. The van der Waals surface area contributed by atoms with Crippen molar-refractivity contribution in [3.63, 3.8) is 0 Å². The molecule has 0 bridgehead atoms. The van der Waals surface area contributed by atoms with Gasteiger partial charge in [0.05, 0.1) is 13.2 Å². The first-order chi connectivity index (χ1) is 5.41. The third-order valence-electron chi connectivity index (χ3n) is 3.12. The Morgan fingerprint density at radius 2 is 2.09 bits per heavy atom. The van der Waals surface area contributed by atoms with Crippen LogP contribution in [0.5, 0.6) is 0 Å². The maximum Gasteiger partial charge on any atom is 0.175 e. The van der Waals surface area contributed by atoms with Crippen LogP contribution in [0.3, 0.4) is 0 Å². The Balaban J connectivity index is 1.85. The molecule has 0 unspecified atom stereocenters. The average molecular weight is 152 g/mol. The average Bonchev–Trinajstić information content (AvgIpc) is 2.52. The first kappa shape index (κ1) is 6.21. The minimum absolute atomic E-state index is 0.169. The molecule has 2 fully saturated rings. The van der Waals surface area contributed by atoms with Gasteiger partial charge in [0.15, 0.2) is 5.79 Å². The van der Waals surface area contributed by atoms with Crippen molar-refractivity contribution in [3.8, 4) is 0 Å². The molecule has 3 rings (SSSR count). The molecule has 0 aromatic carbocycles. The summed E-state index contributed by atoms with van der Waals surface area (Å²) in [6.45, 7) is 1.58. The van der Waals surface area contributed by atoms with Crippen LogP contribution >= 0.6 is 0 Å². The molecule has 2 atom stereocenters. The number of ether oxygens (including phenoxy) is 2. The Hall–Kier alpha value is -0.340. The quantitative estimate of drug-likeness (QED) is 0.487. The zero-order chi connectivity index (χ0) is 7.31. The lowest BCUT2D eigenvalue weighted by molar-refractivity contribution is -0.257. The van der Waals surface area contributed by atoms with E-state index in [1.54, 1.807) is 0 Å². The van der Waals surface area contributed by atoms with Crippen molar-refractivity contribution >= 4 is 0 Å². The van der Waals surface area contributed by atoms with Gasteiger partial charge in [0, 0.05) is 12.3 Å². The van der Waals surface area contributed by atoms with Gasteiger partial charge >= 0.3 is 0 Å². The summed E-state index contributed by atoms with van der Waals surface area (Å²) in [5, 5.41) is 0. The molecule has 2 heteroatoms. The van der Waals surface area contributed by atoms with E-state index in [0.29, 0.717) is 5.92 Å². The third kappa shape index (κ3) is 0.644. The fourth-order valence-corrected chi connectivity index (χ4v) is 2.54. The van der Waals surface area contributed by atoms with Gasteiger partial charge in [0.25, 0.3) is 0 Å². The molecule has 2 aliphatic carbocycles. The standard InChI is InChI=1S/C9H12O2/c1-2-7-6-9(8(7)3-1)10-4-5-11-9/h1,3,7-8H,2,4-6H2/t7-,8-/m1/s1. The highest BCUT2D eigenvalue weighted by Crippen LogP contribution is 2.54. The molecule has 11 heavy (non-hydrogen) atoms. The highest BCUT2D eigenvalue weighted by Gasteiger charge is 2.57. The normalized spacial score (nSPS) is 44.4. The Labute approximate surface area is 66.2 Å². The number of allylic oxidation sites excluding steroid dienone is 1. The SMILES string of the molecule is C1=C[C@@H]2[C@H](C1)CC21OCCO1. The van der Waals surface area contributed by atoms with E-state index in [1.165, 1.54) is 6.42 Å². The van der Waals surface area contributed by atoms with Crippen LogP contribution in [0.4, 0.5) is 0 Å². The maximum absolute atomic E-state index is 5.62. The summed E-state index contributed by atoms with van der Waals surface area (Å²) >= 11 is 0. The molecule has 0 amide bonds. The molecule has 60 valence electrons. The zero-order valence-electron chi connectivity index (χ0n) is 6.45. The molecule has 1 aliphatic heterocycles. The molecule has 1 saturated carbocycles. The lowest BCUT2D eigenvalue weighted by Gasteiger charge is -2.47. The van der Waals surface area contributed by atoms with Crippen molar-refractivity contribution in [3.05, 3.63) is 12.2 Å². The lowest BCUT2D eigenvalue weighted by atomic mass is 9.70. The number of hydrogen-bond donors (Lipinski definition) is 0. The highest BCUT2D eigenvalue weighted by atomic mass is 16.7. The number of fused-ring (bicyclic) bond motifs is 2. The minimum atomic E-state index is -0.169. The first-order valence-electron chi connectivity index (χ1n) is 4.35. The van der Waals surface area contributed by atoms with Crippen LogP contribution in [-0.2, 0) is 9.47 Å². The van der Waals surface area contributed by atoms with Crippen molar-refractivity contribution in [1.29, 1.82) is 0 Å². The van der Waals surface area contributed by atoms with E-state index in [4.69, 9.17) is 9.47 Å². The van der Waals surface area contributed by atoms with Gasteiger partial charge in [0.1, 0.15) is 0 Å². The second kappa shape index (κ2) is 1.87. The van der Waals surface area contributed by atoms with Crippen molar-refractivity contribution in [2.24, 2.45) is 11.8 Å². The second-order valence-corrected chi connectivity index (χ2v) is 3.66. The number of hydrogen-bond acceptors (Lipinski definition) is 2. The van der Waals surface area contributed by atoms with Crippen LogP contribution in [0.15, 0.2) is 12.2 Å². The zero-order valence-corrected chi connectivity index (χ0v) is 6.45. The molecular weight excluding hydrogens is 140 g/mol. The Morgan fingerprint density at radius 3 is 2.82 bits per heavy atom. The molecular formula is C9H12O2. The van der Waals surface area contributed by atoms with E-state index in [9.17, 15) is 0 Å². The molecule has 2 nitrogen and oxygen atoms in total. The van der Waals surface area contributed by atoms with E-state index in [2.05, 4.69) is 12.2 Å². The van der Waals surface area contributed by atoms with Crippen LogP contribution in [0.2, 0.25) is 0 Å². The molecule has 1 saturated heterocycles. The smallest absolute Gasteiger partial charge is 0.175 e. The van der Waals surface area contributed by atoms with E-state index in [-0.39, 0.29) is 5.79 Å². The molecule has 0 radical (unpaired) electrons. The van der Waals surface area contributed by atoms with Gasteiger partial charge in [-0.15, -0.1) is 0 Å². The van der Waals surface area contributed by atoms with Crippen molar-refractivity contribution in [2.75, 3.05) is 13.2 Å².